The molecule has 62 valence electrons. The Morgan fingerprint density at radius 1 is 1.55 bits per heavy atom. The summed E-state index contributed by atoms with van der Waals surface area (Å²) in [5.74, 6) is 0. The van der Waals surface area contributed by atoms with E-state index in [4.69, 9.17) is 21.5 Å². The number of halogens is 1. The fraction of sp³-hybridized carbons (Fsp3) is 0. The summed E-state index contributed by atoms with van der Waals surface area (Å²) < 4.78 is 0. The lowest BCUT2D eigenvalue weighted by molar-refractivity contribution is -0.283. The van der Waals surface area contributed by atoms with E-state index in [1.165, 1.54) is 0 Å². The molecule has 0 fully saturated rings. The molecule has 0 aromatic carbocycles. The Labute approximate surface area is 69.4 Å². The van der Waals surface area contributed by atoms with E-state index < -0.39 is 6.47 Å². The molecule has 0 amide bonds. The van der Waals surface area contributed by atoms with E-state index in [-0.39, 0.29) is 6.15 Å². The van der Waals surface area contributed by atoms with Crippen LogP contribution in [0.1, 0.15) is 0 Å². The van der Waals surface area contributed by atoms with Crippen molar-refractivity contribution >= 4 is 18.1 Å². The number of aromatic nitrogens is 1. The van der Waals surface area contributed by atoms with Crippen LogP contribution in [-0.2, 0) is 4.79 Å². The van der Waals surface area contributed by atoms with E-state index in [1.807, 2.05) is 12.1 Å². The van der Waals surface area contributed by atoms with Gasteiger partial charge in [-0.3, -0.25) is 0 Å². The van der Waals surface area contributed by atoms with Gasteiger partial charge in [0.25, 0.3) is 0 Å². The Kier molecular flexibility index (Phi) is 10.1. The van der Waals surface area contributed by atoms with E-state index >= 15 is 0 Å². The number of carbonyl (C=O) groups is 1. The van der Waals surface area contributed by atoms with Gasteiger partial charge >= 0.3 is 0 Å². The maximum Gasteiger partial charge on any atom is 0.129 e. The maximum atomic E-state index is 8.25. The van der Waals surface area contributed by atoms with Gasteiger partial charge in [-0.15, -0.1) is 0 Å². The molecule has 5 heteroatoms. The van der Waals surface area contributed by atoms with Crippen LogP contribution in [-0.4, -0.2) is 11.5 Å². The quantitative estimate of drug-likeness (QED) is 0.461. The van der Waals surface area contributed by atoms with Crippen LogP contribution in [0, 0.1) is 0 Å². The number of nitrogens with zero attached hydrogens (tertiary/aromatic N) is 1. The summed E-state index contributed by atoms with van der Waals surface area (Å²) in [4.78, 5) is 12.0. The Morgan fingerprint density at radius 3 is 2.27 bits per heavy atom. The lowest BCUT2D eigenvalue weighted by Crippen LogP contribution is -2.01. The van der Waals surface area contributed by atoms with E-state index in [9.17, 15) is 0 Å². The fourth-order valence-corrected chi connectivity index (χ4v) is 0.471. The van der Waals surface area contributed by atoms with Gasteiger partial charge in [-0.05, 0) is 12.1 Å². The van der Waals surface area contributed by atoms with Crippen molar-refractivity contribution in [2.24, 2.45) is 0 Å². The molecule has 0 bridgehead atoms. The van der Waals surface area contributed by atoms with Crippen molar-refractivity contribution in [1.82, 2.24) is 11.1 Å². The third-order valence-electron chi connectivity index (χ3n) is 0.629. The van der Waals surface area contributed by atoms with E-state index in [0.717, 1.165) is 0 Å². The maximum absolute atomic E-state index is 8.25. The van der Waals surface area contributed by atoms with Gasteiger partial charge in [0.1, 0.15) is 5.15 Å². The average Bonchev–Trinajstić information content (AvgIpc) is 1.91. The molecule has 4 N–H and O–H groups in total. The van der Waals surface area contributed by atoms with Gasteiger partial charge in [0.2, 0.25) is 0 Å². The molecule has 4 nitrogen and oxygen atoms in total. The number of quaternary nitrogens is 1. The molecule has 1 heterocycles. The number of hydrogen-bond donors (Lipinski definition) is 1. The summed E-state index contributed by atoms with van der Waals surface area (Å²) >= 11 is 5.43. The standard InChI is InChI=1S/C5H4ClN.CH2O2.H3N/c6-5-3-1-2-4-7-5;2-1-3;/h1-4H;1H,(H,2,3);1H3. The monoisotopic (exact) mass is 176 g/mol. The molecule has 0 spiro atoms. The molecular formula is C6H9ClN2O2. The van der Waals surface area contributed by atoms with Crippen molar-refractivity contribution < 1.29 is 9.90 Å². The van der Waals surface area contributed by atoms with Gasteiger partial charge in [-0.25, -0.2) is 4.98 Å². The zero-order valence-electron chi connectivity index (χ0n) is 6.03. The smallest absolute Gasteiger partial charge is 0.129 e. The highest BCUT2D eigenvalue weighted by Gasteiger charge is 1.76. The van der Waals surface area contributed by atoms with Crippen LogP contribution in [0.3, 0.4) is 0 Å². The summed E-state index contributed by atoms with van der Waals surface area (Å²) in [7, 11) is 0. The van der Waals surface area contributed by atoms with Gasteiger partial charge in [-0.1, -0.05) is 17.7 Å². The minimum atomic E-state index is -0.500. The zero-order chi connectivity index (χ0) is 7.82. The van der Waals surface area contributed by atoms with E-state index in [2.05, 4.69) is 4.98 Å². The molecule has 0 aliphatic heterocycles. The largest absolute Gasteiger partial charge is 0.554 e. The van der Waals surface area contributed by atoms with Crippen molar-refractivity contribution in [2.45, 2.75) is 0 Å². The minimum absolute atomic E-state index is 0. The second-order valence-corrected chi connectivity index (χ2v) is 1.64. The predicted molar refractivity (Wildman–Crippen MR) is 41.3 cm³/mol. The third-order valence-corrected chi connectivity index (χ3v) is 0.852. The highest BCUT2D eigenvalue weighted by molar-refractivity contribution is 6.29. The molecule has 0 aliphatic rings. The van der Waals surface area contributed by atoms with Crippen LogP contribution in [0.15, 0.2) is 24.4 Å². The van der Waals surface area contributed by atoms with Crippen LogP contribution in [0.25, 0.3) is 0 Å². The highest BCUT2D eigenvalue weighted by atomic mass is 35.5. The first-order valence-corrected chi connectivity index (χ1v) is 2.81. The SMILES string of the molecule is Clc1ccccn1.O=C[O-].[NH4+]. The van der Waals surface area contributed by atoms with Crippen LogP contribution < -0.4 is 11.3 Å². The summed E-state index contributed by atoms with van der Waals surface area (Å²) in [6, 6.07) is 5.41. The number of carbonyl (C=O) groups excluding carboxylic acids is 1. The zero-order valence-corrected chi connectivity index (χ0v) is 6.78. The third kappa shape index (κ3) is 8.87. The van der Waals surface area contributed by atoms with E-state index in [0.29, 0.717) is 5.15 Å². The molecule has 0 aliphatic carbocycles. The predicted octanol–water partition coefficient (Wildman–Crippen LogP) is 0.477. The normalized spacial score (nSPS) is 6.64. The van der Waals surface area contributed by atoms with Crippen LogP contribution in [0.2, 0.25) is 5.15 Å². The summed E-state index contributed by atoms with van der Waals surface area (Å²) in [5.41, 5.74) is 0. The molecule has 0 unspecified atom stereocenters. The molecule has 1 aromatic heterocycles. The first kappa shape index (κ1) is 12.5. The molecule has 0 saturated heterocycles. The van der Waals surface area contributed by atoms with Gasteiger partial charge in [0.05, 0.1) is 0 Å². The van der Waals surface area contributed by atoms with Crippen molar-refractivity contribution in [3.05, 3.63) is 29.5 Å². The van der Waals surface area contributed by atoms with Crippen molar-refractivity contribution in [1.29, 1.82) is 0 Å². The van der Waals surface area contributed by atoms with Crippen molar-refractivity contribution in [2.75, 3.05) is 0 Å². The van der Waals surface area contributed by atoms with E-state index in [1.54, 1.807) is 12.3 Å². The lowest BCUT2D eigenvalue weighted by atomic mass is 10.5. The Morgan fingerprint density at radius 2 is 2.09 bits per heavy atom. The second-order valence-electron chi connectivity index (χ2n) is 1.25. The van der Waals surface area contributed by atoms with Crippen LogP contribution >= 0.6 is 11.6 Å². The Hall–Kier alpha value is -1.13. The van der Waals surface area contributed by atoms with Gasteiger partial charge in [0, 0.05) is 12.7 Å². The van der Waals surface area contributed by atoms with Gasteiger partial charge in [-0.2, -0.15) is 0 Å². The molecule has 11 heavy (non-hydrogen) atoms. The molecule has 0 saturated carbocycles. The topological polar surface area (TPSA) is 89.5 Å². The van der Waals surface area contributed by atoms with Crippen molar-refractivity contribution in [3.63, 3.8) is 0 Å². The first-order valence-electron chi connectivity index (χ1n) is 2.43. The molecule has 0 radical (unpaired) electrons. The average molecular weight is 177 g/mol. The second kappa shape index (κ2) is 8.87. The first-order chi connectivity index (χ1) is 4.81. The molecule has 1 aromatic rings. The highest BCUT2D eigenvalue weighted by Crippen LogP contribution is 1.98. The summed E-state index contributed by atoms with van der Waals surface area (Å²) in [5, 5.41) is 8.79. The fourth-order valence-electron chi connectivity index (χ4n) is 0.342. The Bertz CT molecular complexity index is 181. The summed E-state index contributed by atoms with van der Waals surface area (Å²) in [6.07, 6.45) is 1.66. The van der Waals surface area contributed by atoms with Crippen molar-refractivity contribution in [3.8, 4) is 0 Å². The summed E-state index contributed by atoms with van der Waals surface area (Å²) in [6.45, 7) is -0.500. The molecule has 1 rings (SSSR count). The van der Waals surface area contributed by atoms with Gasteiger partial charge in [0.15, 0.2) is 0 Å². The molecule has 0 atom stereocenters. The lowest BCUT2D eigenvalue weighted by Gasteiger charge is -1.79. The van der Waals surface area contributed by atoms with Crippen LogP contribution in [0.4, 0.5) is 0 Å². The number of pyridine rings is 1. The van der Waals surface area contributed by atoms with Crippen LogP contribution in [0.5, 0.6) is 0 Å². The minimum Gasteiger partial charge on any atom is -0.554 e. The Balaban J connectivity index is 0. The number of carboxylic acid groups (broad SMARTS) is 1. The number of rotatable bonds is 0. The number of hydrogen-bond acceptors (Lipinski definition) is 3. The molecular weight excluding hydrogens is 168 g/mol. The van der Waals surface area contributed by atoms with Gasteiger partial charge < -0.3 is 16.1 Å².